The molecule has 5 heteroatoms. The molecule has 0 aliphatic rings. The molecule has 0 fully saturated rings. The molecule has 146 valence electrons. The molecular weight excluding hydrogens is 393 g/mol. The molecular formula is C23H23Cl2NO2. The van der Waals surface area contributed by atoms with Crippen LogP contribution in [0, 0.1) is 6.92 Å². The summed E-state index contributed by atoms with van der Waals surface area (Å²) in [5, 5.41) is 4.62. The topological polar surface area (TPSA) is 30.5 Å². The lowest BCUT2D eigenvalue weighted by atomic mass is 10.1. The third-order valence-corrected chi connectivity index (χ3v) is 4.75. The van der Waals surface area contributed by atoms with Crippen molar-refractivity contribution in [3.63, 3.8) is 0 Å². The molecule has 0 atom stereocenters. The normalized spacial score (nSPS) is 10.6. The Morgan fingerprint density at radius 3 is 2.25 bits per heavy atom. The SMILES string of the molecule is CCOc1cc(CNc2ccc(C)cc2)cc(Cl)c1OCc1ccc(Cl)cc1. The Morgan fingerprint density at radius 1 is 0.857 bits per heavy atom. The van der Waals surface area contributed by atoms with Crippen LogP contribution in [0.15, 0.2) is 60.7 Å². The Labute approximate surface area is 176 Å². The van der Waals surface area contributed by atoms with Gasteiger partial charge in [0.05, 0.1) is 11.6 Å². The molecule has 1 N–H and O–H groups in total. The second-order valence-corrected chi connectivity index (χ2v) is 7.32. The summed E-state index contributed by atoms with van der Waals surface area (Å²) in [7, 11) is 0. The quantitative estimate of drug-likeness (QED) is 0.434. The molecule has 3 nitrogen and oxygen atoms in total. The minimum atomic E-state index is 0.387. The van der Waals surface area contributed by atoms with Gasteiger partial charge in [-0.2, -0.15) is 0 Å². The average molecular weight is 416 g/mol. The van der Waals surface area contributed by atoms with Gasteiger partial charge in [-0.25, -0.2) is 0 Å². The van der Waals surface area contributed by atoms with Gasteiger partial charge in [-0.3, -0.25) is 0 Å². The van der Waals surface area contributed by atoms with Gasteiger partial charge < -0.3 is 14.8 Å². The molecule has 0 saturated heterocycles. The third-order valence-electron chi connectivity index (χ3n) is 4.21. The first-order chi connectivity index (χ1) is 13.5. The summed E-state index contributed by atoms with van der Waals surface area (Å²) in [5.41, 5.74) is 4.32. The van der Waals surface area contributed by atoms with Crippen LogP contribution < -0.4 is 14.8 Å². The van der Waals surface area contributed by atoms with E-state index < -0.39 is 0 Å². The van der Waals surface area contributed by atoms with E-state index >= 15 is 0 Å². The summed E-state index contributed by atoms with van der Waals surface area (Å²) in [5.74, 6) is 1.20. The first-order valence-electron chi connectivity index (χ1n) is 9.18. The standard InChI is InChI=1S/C23H23Cl2NO2/c1-3-27-22-13-18(14-26-20-10-4-16(2)5-11-20)12-21(25)23(22)28-15-17-6-8-19(24)9-7-17/h4-13,26H,3,14-15H2,1-2H3. The first-order valence-corrected chi connectivity index (χ1v) is 9.93. The monoisotopic (exact) mass is 415 g/mol. The van der Waals surface area contributed by atoms with Crippen LogP contribution in [0.2, 0.25) is 10.0 Å². The minimum Gasteiger partial charge on any atom is -0.490 e. The number of ether oxygens (including phenoxy) is 2. The van der Waals surface area contributed by atoms with Gasteiger partial charge in [0.15, 0.2) is 11.5 Å². The minimum absolute atomic E-state index is 0.387. The Kier molecular flexibility index (Phi) is 7.07. The summed E-state index contributed by atoms with van der Waals surface area (Å²) in [6, 6.07) is 19.7. The predicted octanol–water partition coefficient (Wildman–Crippen LogP) is 6.89. The largest absolute Gasteiger partial charge is 0.490 e. The summed E-state index contributed by atoms with van der Waals surface area (Å²) in [4.78, 5) is 0. The summed E-state index contributed by atoms with van der Waals surface area (Å²) >= 11 is 12.4. The fraction of sp³-hybridized carbons (Fsp3) is 0.217. The van der Waals surface area contributed by atoms with Gasteiger partial charge in [-0.05, 0) is 61.4 Å². The van der Waals surface area contributed by atoms with Gasteiger partial charge >= 0.3 is 0 Å². The number of benzene rings is 3. The second-order valence-electron chi connectivity index (χ2n) is 6.47. The lowest BCUT2D eigenvalue weighted by Gasteiger charge is -2.16. The molecule has 3 rings (SSSR count). The molecule has 0 aliphatic carbocycles. The van der Waals surface area contributed by atoms with Crippen molar-refractivity contribution in [2.24, 2.45) is 0 Å². The van der Waals surface area contributed by atoms with Crippen LogP contribution in [-0.4, -0.2) is 6.61 Å². The van der Waals surface area contributed by atoms with Crippen LogP contribution in [0.4, 0.5) is 5.69 Å². The average Bonchev–Trinajstić information content (AvgIpc) is 2.68. The smallest absolute Gasteiger partial charge is 0.180 e. The summed E-state index contributed by atoms with van der Waals surface area (Å²) < 4.78 is 11.7. The van der Waals surface area contributed by atoms with E-state index in [1.54, 1.807) is 0 Å². The van der Waals surface area contributed by atoms with E-state index in [1.807, 2.05) is 43.3 Å². The molecule has 3 aromatic carbocycles. The Bertz CT molecular complexity index is 909. The van der Waals surface area contributed by atoms with Gasteiger partial charge in [0.25, 0.3) is 0 Å². The Morgan fingerprint density at radius 2 is 1.57 bits per heavy atom. The zero-order chi connectivity index (χ0) is 19.9. The Hall–Kier alpha value is -2.36. The van der Waals surface area contributed by atoms with Crippen molar-refractivity contribution in [1.29, 1.82) is 0 Å². The van der Waals surface area contributed by atoms with Crippen molar-refractivity contribution in [3.8, 4) is 11.5 Å². The van der Waals surface area contributed by atoms with E-state index in [1.165, 1.54) is 5.56 Å². The van der Waals surface area contributed by atoms with Crippen LogP contribution in [-0.2, 0) is 13.2 Å². The van der Waals surface area contributed by atoms with Crippen molar-refractivity contribution in [2.75, 3.05) is 11.9 Å². The lowest BCUT2D eigenvalue weighted by molar-refractivity contribution is 0.269. The van der Waals surface area contributed by atoms with E-state index in [9.17, 15) is 0 Å². The maximum absolute atomic E-state index is 6.51. The van der Waals surface area contributed by atoms with Gasteiger partial charge in [-0.15, -0.1) is 0 Å². The van der Waals surface area contributed by atoms with E-state index in [2.05, 4.69) is 36.5 Å². The first kappa shape index (κ1) is 20.4. The maximum atomic E-state index is 6.51. The zero-order valence-electron chi connectivity index (χ0n) is 16.0. The number of nitrogens with one attached hydrogen (secondary N) is 1. The Balaban J connectivity index is 1.73. The van der Waals surface area contributed by atoms with Crippen molar-refractivity contribution in [3.05, 3.63) is 87.4 Å². The molecule has 0 aromatic heterocycles. The molecule has 0 bridgehead atoms. The van der Waals surface area contributed by atoms with Crippen LogP contribution >= 0.6 is 23.2 Å². The van der Waals surface area contributed by atoms with E-state index in [-0.39, 0.29) is 0 Å². The predicted molar refractivity (Wildman–Crippen MR) is 117 cm³/mol. The van der Waals surface area contributed by atoms with E-state index in [0.29, 0.717) is 41.3 Å². The maximum Gasteiger partial charge on any atom is 0.180 e. The number of anilines is 1. The number of halogens is 2. The fourth-order valence-electron chi connectivity index (χ4n) is 2.74. The molecule has 3 aromatic rings. The third kappa shape index (κ3) is 5.57. The molecule has 0 unspecified atom stereocenters. The van der Waals surface area contributed by atoms with Gasteiger partial charge in [0.2, 0.25) is 0 Å². The molecule has 0 aliphatic heterocycles. The van der Waals surface area contributed by atoms with Crippen LogP contribution in [0.3, 0.4) is 0 Å². The lowest BCUT2D eigenvalue weighted by Crippen LogP contribution is -2.04. The van der Waals surface area contributed by atoms with E-state index in [0.717, 1.165) is 16.8 Å². The van der Waals surface area contributed by atoms with E-state index in [4.69, 9.17) is 32.7 Å². The fourth-order valence-corrected chi connectivity index (χ4v) is 3.15. The second kappa shape index (κ2) is 9.72. The van der Waals surface area contributed by atoms with Crippen molar-refractivity contribution in [1.82, 2.24) is 0 Å². The number of hydrogen-bond acceptors (Lipinski definition) is 3. The van der Waals surface area contributed by atoms with Crippen molar-refractivity contribution in [2.45, 2.75) is 27.0 Å². The van der Waals surface area contributed by atoms with Gasteiger partial charge in [-0.1, -0.05) is 53.0 Å². The molecule has 0 amide bonds. The molecule has 28 heavy (non-hydrogen) atoms. The number of aryl methyl sites for hydroxylation is 1. The summed E-state index contributed by atoms with van der Waals surface area (Å²) in [6.45, 7) is 5.56. The van der Waals surface area contributed by atoms with Crippen molar-refractivity contribution < 1.29 is 9.47 Å². The number of hydrogen-bond donors (Lipinski definition) is 1. The molecule has 0 heterocycles. The summed E-state index contributed by atoms with van der Waals surface area (Å²) in [6.07, 6.45) is 0. The van der Waals surface area contributed by atoms with Crippen LogP contribution in [0.25, 0.3) is 0 Å². The highest BCUT2D eigenvalue weighted by molar-refractivity contribution is 6.32. The number of rotatable bonds is 8. The highest BCUT2D eigenvalue weighted by Crippen LogP contribution is 2.37. The zero-order valence-corrected chi connectivity index (χ0v) is 17.5. The van der Waals surface area contributed by atoms with Crippen LogP contribution in [0.1, 0.15) is 23.6 Å². The molecule has 0 radical (unpaired) electrons. The van der Waals surface area contributed by atoms with Crippen LogP contribution in [0.5, 0.6) is 11.5 Å². The van der Waals surface area contributed by atoms with Gasteiger partial charge in [0.1, 0.15) is 6.61 Å². The highest BCUT2D eigenvalue weighted by Gasteiger charge is 2.13. The van der Waals surface area contributed by atoms with Gasteiger partial charge in [0, 0.05) is 17.3 Å². The molecule has 0 spiro atoms. The molecule has 0 saturated carbocycles. The van der Waals surface area contributed by atoms with Crippen molar-refractivity contribution >= 4 is 28.9 Å². The highest BCUT2D eigenvalue weighted by atomic mass is 35.5.